The number of nitrogens with one attached hydrogen (secondary N) is 1. The first-order valence-corrected chi connectivity index (χ1v) is 13.0. The maximum atomic E-state index is 13.8. The third-order valence-electron chi connectivity index (χ3n) is 7.15. The molecule has 0 radical (unpaired) electrons. The second kappa shape index (κ2) is 10.9. The standard InChI is InChI=1S/C31H35N3O/c1-2-19-32-31(35)30-29(28(24-13-5-3-6-14-24)25-15-7-4-8-16-25)26-17-9-10-18-27(26)34(30)23-22-33-20-11-12-21-33/h3-10,13-18,28H,2,11-12,19-23H2,1H3,(H,32,35). The van der Waals surface area contributed by atoms with Crippen molar-refractivity contribution in [3.63, 3.8) is 0 Å². The zero-order valence-corrected chi connectivity index (χ0v) is 20.6. The molecule has 0 bridgehead atoms. The van der Waals surface area contributed by atoms with Crippen LogP contribution in [0.15, 0.2) is 84.9 Å². The summed E-state index contributed by atoms with van der Waals surface area (Å²) in [5.41, 5.74) is 5.45. The molecular formula is C31H35N3O. The van der Waals surface area contributed by atoms with E-state index in [0.29, 0.717) is 6.54 Å². The molecule has 0 saturated carbocycles. The fourth-order valence-electron chi connectivity index (χ4n) is 5.49. The summed E-state index contributed by atoms with van der Waals surface area (Å²) < 4.78 is 2.28. The number of hydrogen-bond acceptors (Lipinski definition) is 2. The van der Waals surface area contributed by atoms with Crippen LogP contribution in [0, 0.1) is 0 Å². The van der Waals surface area contributed by atoms with Crippen molar-refractivity contribution in [3.8, 4) is 0 Å². The molecule has 1 aliphatic rings. The molecule has 1 aromatic heterocycles. The van der Waals surface area contributed by atoms with Gasteiger partial charge < -0.3 is 14.8 Å². The van der Waals surface area contributed by atoms with Crippen LogP contribution in [0.5, 0.6) is 0 Å². The van der Waals surface area contributed by atoms with Gasteiger partial charge in [0.1, 0.15) is 5.69 Å². The van der Waals surface area contributed by atoms with Crippen LogP contribution < -0.4 is 5.32 Å². The number of fused-ring (bicyclic) bond motifs is 1. The van der Waals surface area contributed by atoms with Crippen molar-refractivity contribution in [2.24, 2.45) is 0 Å². The molecule has 4 aromatic rings. The highest BCUT2D eigenvalue weighted by molar-refractivity contribution is 6.02. The lowest BCUT2D eigenvalue weighted by Crippen LogP contribution is -2.30. The van der Waals surface area contributed by atoms with Gasteiger partial charge >= 0.3 is 0 Å². The van der Waals surface area contributed by atoms with E-state index in [1.807, 2.05) is 0 Å². The quantitative estimate of drug-likeness (QED) is 0.326. The minimum atomic E-state index is -0.0299. The number of amides is 1. The normalized spacial score (nSPS) is 14.1. The molecular weight excluding hydrogens is 430 g/mol. The smallest absolute Gasteiger partial charge is 0.268 e. The molecule has 2 heterocycles. The van der Waals surface area contributed by atoms with Crippen molar-refractivity contribution in [2.75, 3.05) is 26.2 Å². The summed E-state index contributed by atoms with van der Waals surface area (Å²) in [5, 5.41) is 4.36. The van der Waals surface area contributed by atoms with E-state index < -0.39 is 0 Å². The highest BCUT2D eigenvalue weighted by Crippen LogP contribution is 2.40. The largest absolute Gasteiger partial charge is 0.351 e. The minimum absolute atomic E-state index is 0.0244. The van der Waals surface area contributed by atoms with Gasteiger partial charge in [-0.1, -0.05) is 85.8 Å². The van der Waals surface area contributed by atoms with Crippen LogP contribution in [0.1, 0.15) is 59.3 Å². The molecule has 4 heteroatoms. The van der Waals surface area contributed by atoms with Gasteiger partial charge in [-0.25, -0.2) is 0 Å². The lowest BCUT2D eigenvalue weighted by molar-refractivity contribution is 0.0943. The van der Waals surface area contributed by atoms with Gasteiger partial charge in [0.05, 0.1) is 0 Å². The van der Waals surface area contributed by atoms with Crippen LogP contribution in [-0.2, 0) is 6.54 Å². The van der Waals surface area contributed by atoms with Crippen LogP contribution in [0.4, 0.5) is 0 Å². The highest BCUT2D eigenvalue weighted by atomic mass is 16.1. The molecule has 180 valence electrons. The average Bonchev–Trinajstić information content (AvgIpc) is 3.54. The summed E-state index contributed by atoms with van der Waals surface area (Å²) in [6.07, 6.45) is 3.45. The zero-order chi connectivity index (χ0) is 24.0. The third-order valence-corrected chi connectivity index (χ3v) is 7.15. The van der Waals surface area contributed by atoms with E-state index in [1.165, 1.54) is 24.0 Å². The van der Waals surface area contributed by atoms with Crippen molar-refractivity contribution in [1.82, 2.24) is 14.8 Å². The number of likely N-dealkylation sites (tertiary alicyclic amines) is 1. The second-order valence-electron chi connectivity index (χ2n) is 9.49. The predicted molar refractivity (Wildman–Crippen MR) is 144 cm³/mol. The number of aromatic nitrogens is 1. The fraction of sp³-hybridized carbons (Fsp3) is 0.323. The Morgan fingerprint density at radius 1 is 0.829 bits per heavy atom. The van der Waals surface area contributed by atoms with E-state index in [-0.39, 0.29) is 11.8 Å². The topological polar surface area (TPSA) is 37.3 Å². The second-order valence-corrected chi connectivity index (χ2v) is 9.49. The van der Waals surface area contributed by atoms with Crippen molar-refractivity contribution in [3.05, 3.63) is 107 Å². The first-order chi connectivity index (χ1) is 17.3. The minimum Gasteiger partial charge on any atom is -0.351 e. The average molecular weight is 466 g/mol. The van der Waals surface area contributed by atoms with Gasteiger partial charge in [0.2, 0.25) is 0 Å². The van der Waals surface area contributed by atoms with E-state index in [1.54, 1.807) is 0 Å². The molecule has 0 spiro atoms. The monoisotopic (exact) mass is 465 g/mol. The first kappa shape index (κ1) is 23.4. The Hall–Kier alpha value is -3.37. The van der Waals surface area contributed by atoms with Gasteiger partial charge in [-0.05, 0) is 49.5 Å². The Balaban J connectivity index is 1.72. The fourth-order valence-corrected chi connectivity index (χ4v) is 5.49. The van der Waals surface area contributed by atoms with E-state index in [0.717, 1.165) is 54.8 Å². The van der Waals surface area contributed by atoms with E-state index in [2.05, 4.69) is 107 Å². The van der Waals surface area contributed by atoms with Crippen LogP contribution in [-0.4, -0.2) is 41.6 Å². The summed E-state index contributed by atoms with van der Waals surface area (Å²) in [5.74, 6) is -0.00551. The van der Waals surface area contributed by atoms with Crippen LogP contribution in [0.3, 0.4) is 0 Å². The number of para-hydroxylation sites is 1. The Morgan fingerprint density at radius 3 is 2.06 bits per heavy atom. The van der Waals surface area contributed by atoms with Gasteiger partial charge in [0, 0.05) is 42.0 Å². The summed E-state index contributed by atoms with van der Waals surface area (Å²) in [7, 11) is 0. The molecule has 0 unspecified atom stereocenters. The SMILES string of the molecule is CCCNC(=O)c1c(C(c2ccccc2)c2ccccc2)c2ccccc2n1CCN1CCCC1. The highest BCUT2D eigenvalue weighted by Gasteiger charge is 2.30. The first-order valence-electron chi connectivity index (χ1n) is 13.0. The molecule has 0 atom stereocenters. The lowest BCUT2D eigenvalue weighted by Gasteiger charge is -2.22. The third kappa shape index (κ3) is 4.89. The molecule has 1 saturated heterocycles. The molecule has 1 N–H and O–H groups in total. The van der Waals surface area contributed by atoms with Gasteiger partial charge in [0.15, 0.2) is 0 Å². The molecule has 5 rings (SSSR count). The summed E-state index contributed by atoms with van der Waals surface area (Å²) in [6.45, 7) is 6.85. The number of carbonyl (C=O) groups is 1. The van der Waals surface area contributed by atoms with Crippen LogP contribution >= 0.6 is 0 Å². The number of carbonyl (C=O) groups excluding carboxylic acids is 1. The Morgan fingerprint density at radius 2 is 1.43 bits per heavy atom. The van der Waals surface area contributed by atoms with Gasteiger partial charge in [0.25, 0.3) is 5.91 Å². The molecule has 1 aliphatic heterocycles. The molecule has 3 aromatic carbocycles. The van der Waals surface area contributed by atoms with Crippen molar-refractivity contribution >= 4 is 16.8 Å². The van der Waals surface area contributed by atoms with Gasteiger partial charge in [-0.3, -0.25) is 4.79 Å². The summed E-state index contributed by atoms with van der Waals surface area (Å²) in [4.78, 5) is 16.4. The molecule has 35 heavy (non-hydrogen) atoms. The Kier molecular flexibility index (Phi) is 7.29. The number of benzene rings is 3. The number of nitrogens with zero attached hydrogens (tertiary/aromatic N) is 2. The number of hydrogen-bond donors (Lipinski definition) is 1. The van der Waals surface area contributed by atoms with Crippen molar-refractivity contribution in [2.45, 2.75) is 38.6 Å². The predicted octanol–water partition coefficient (Wildman–Crippen LogP) is 6.06. The van der Waals surface area contributed by atoms with E-state index in [4.69, 9.17) is 0 Å². The molecule has 1 fully saturated rings. The van der Waals surface area contributed by atoms with Crippen LogP contribution in [0.25, 0.3) is 10.9 Å². The van der Waals surface area contributed by atoms with Gasteiger partial charge in [-0.15, -0.1) is 0 Å². The van der Waals surface area contributed by atoms with E-state index >= 15 is 0 Å². The maximum absolute atomic E-state index is 13.8. The van der Waals surface area contributed by atoms with E-state index in [9.17, 15) is 4.79 Å². The van der Waals surface area contributed by atoms with Crippen molar-refractivity contribution < 1.29 is 4.79 Å². The lowest BCUT2D eigenvalue weighted by atomic mass is 9.83. The molecule has 4 nitrogen and oxygen atoms in total. The Bertz CT molecular complexity index is 1220. The van der Waals surface area contributed by atoms with Crippen molar-refractivity contribution in [1.29, 1.82) is 0 Å². The summed E-state index contributed by atoms with van der Waals surface area (Å²) >= 11 is 0. The zero-order valence-electron chi connectivity index (χ0n) is 20.6. The van der Waals surface area contributed by atoms with Gasteiger partial charge in [-0.2, -0.15) is 0 Å². The summed E-state index contributed by atoms with van der Waals surface area (Å²) in [6, 6.07) is 29.8. The Labute approximate surface area is 208 Å². The molecule has 1 amide bonds. The molecule has 0 aliphatic carbocycles. The number of rotatable bonds is 9. The van der Waals surface area contributed by atoms with Crippen LogP contribution in [0.2, 0.25) is 0 Å². The maximum Gasteiger partial charge on any atom is 0.268 e.